The lowest BCUT2D eigenvalue weighted by atomic mass is 10.0. The van der Waals surface area contributed by atoms with Gasteiger partial charge in [-0.2, -0.15) is 4.31 Å². The predicted molar refractivity (Wildman–Crippen MR) is 119 cm³/mol. The van der Waals surface area contributed by atoms with Crippen molar-refractivity contribution in [3.05, 3.63) is 59.2 Å². The van der Waals surface area contributed by atoms with Gasteiger partial charge in [-0.3, -0.25) is 4.79 Å². The molecule has 1 saturated carbocycles. The van der Waals surface area contributed by atoms with E-state index in [4.69, 9.17) is 0 Å². The second-order valence-electron chi connectivity index (χ2n) is 8.91. The Morgan fingerprint density at radius 1 is 1.13 bits per heavy atom. The van der Waals surface area contributed by atoms with E-state index < -0.39 is 10.0 Å². The number of fused-ring (bicyclic) bond motifs is 1. The third-order valence-corrected chi connectivity index (χ3v) is 8.05. The summed E-state index contributed by atoms with van der Waals surface area (Å²) in [5, 5.41) is 0. The number of nitrogens with zero attached hydrogens (tertiary/aromatic N) is 2. The number of hydrogen-bond acceptors (Lipinski definition) is 3. The van der Waals surface area contributed by atoms with Crippen molar-refractivity contribution in [2.75, 3.05) is 4.90 Å². The van der Waals surface area contributed by atoms with Crippen LogP contribution in [0.5, 0.6) is 0 Å². The maximum absolute atomic E-state index is 13.5. The van der Waals surface area contributed by atoms with Crippen LogP contribution in [0.2, 0.25) is 0 Å². The van der Waals surface area contributed by atoms with Crippen LogP contribution < -0.4 is 4.90 Å². The standard InChI is InChI=1S/C24H30N2O3S/c1-16(2)20-7-5-19(6-8-20)15-25(22-9-10-22)30(28,29)23-11-12-24-21(14-23)13-17(3)26(24)18(4)27/h5-8,11-12,14,16-17,22H,9-10,13,15H2,1-4H3. The van der Waals surface area contributed by atoms with Gasteiger partial charge in [0, 0.05) is 31.2 Å². The maximum Gasteiger partial charge on any atom is 0.243 e. The predicted octanol–water partition coefficient (Wildman–Crippen LogP) is 4.46. The summed E-state index contributed by atoms with van der Waals surface area (Å²) in [7, 11) is -3.61. The summed E-state index contributed by atoms with van der Waals surface area (Å²) in [6.45, 7) is 8.23. The topological polar surface area (TPSA) is 57.7 Å². The number of amides is 1. The molecule has 1 aliphatic heterocycles. The summed E-state index contributed by atoms with van der Waals surface area (Å²) in [6, 6.07) is 13.6. The van der Waals surface area contributed by atoms with E-state index in [1.165, 1.54) is 5.56 Å². The monoisotopic (exact) mass is 426 g/mol. The molecule has 6 heteroatoms. The highest BCUT2D eigenvalue weighted by atomic mass is 32.2. The van der Waals surface area contributed by atoms with Crippen LogP contribution in [0.1, 0.15) is 63.1 Å². The quantitative estimate of drug-likeness (QED) is 0.685. The van der Waals surface area contributed by atoms with Gasteiger partial charge in [0.15, 0.2) is 0 Å². The molecule has 1 heterocycles. The molecule has 160 valence electrons. The molecule has 2 aromatic carbocycles. The number of carbonyl (C=O) groups is 1. The van der Waals surface area contributed by atoms with Crippen LogP contribution in [0, 0.1) is 0 Å². The fourth-order valence-electron chi connectivity index (χ4n) is 4.34. The molecule has 0 spiro atoms. The third kappa shape index (κ3) is 3.91. The summed E-state index contributed by atoms with van der Waals surface area (Å²) in [6.07, 6.45) is 2.49. The van der Waals surface area contributed by atoms with Crippen LogP contribution in [-0.2, 0) is 27.8 Å². The van der Waals surface area contributed by atoms with Crippen LogP contribution in [0.4, 0.5) is 5.69 Å². The van der Waals surface area contributed by atoms with E-state index in [1.54, 1.807) is 34.3 Å². The highest BCUT2D eigenvalue weighted by Crippen LogP contribution is 2.37. The number of benzene rings is 2. The van der Waals surface area contributed by atoms with Gasteiger partial charge >= 0.3 is 0 Å². The molecular formula is C24H30N2O3S. The van der Waals surface area contributed by atoms with E-state index >= 15 is 0 Å². The van der Waals surface area contributed by atoms with Gasteiger partial charge in [-0.1, -0.05) is 38.1 Å². The first-order valence-electron chi connectivity index (χ1n) is 10.7. The molecule has 1 atom stereocenters. The number of carbonyl (C=O) groups excluding carboxylic acids is 1. The third-order valence-electron chi connectivity index (χ3n) is 6.15. The van der Waals surface area contributed by atoms with E-state index in [9.17, 15) is 13.2 Å². The molecular weight excluding hydrogens is 396 g/mol. The molecule has 0 saturated heterocycles. The molecule has 0 radical (unpaired) electrons. The molecule has 1 aliphatic carbocycles. The van der Waals surface area contributed by atoms with Crippen molar-refractivity contribution in [1.29, 1.82) is 0 Å². The molecule has 2 aromatic rings. The highest BCUT2D eigenvalue weighted by Gasteiger charge is 2.39. The van der Waals surface area contributed by atoms with Crippen molar-refractivity contribution in [2.45, 2.75) is 76.4 Å². The van der Waals surface area contributed by atoms with Gasteiger partial charge in [0.1, 0.15) is 0 Å². The lowest BCUT2D eigenvalue weighted by molar-refractivity contribution is -0.116. The summed E-state index contributed by atoms with van der Waals surface area (Å²) in [5.74, 6) is 0.437. The van der Waals surface area contributed by atoms with Crippen LogP contribution >= 0.6 is 0 Å². The minimum absolute atomic E-state index is 0.0127. The summed E-state index contributed by atoms with van der Waals surface area (Å²) >= 11 is 0. The Balaban J connectivity index is 1.62. The Bertz CT molecular complexity index is 1060. The molecule has 1 unspecified atom stereocenters. The molecule has 0 N–H and O–H groups in total. The fraction of sp³-hybridized carbons (Fsp3) is 0.458. The van der Waals surface area contributed by atoms with Gasteiger partial charge in [0.2, 0.25) is 15.9 Å². The average Bonchev–Trinajstić information content (AvgIpc) is 3.46. The zero-order valence-corrected chi connectivity index (χ0v) is 18.9. The Kier molecular flexibility index (Phi) is 5.49. The lowest BCUT2D eigenvalue weighted by Crippen LogP contribution is -2.33. The van der Waals surface area contributed by atoms with Crippen molar-refractivity contribution in [3.8, 4) is 0 Å². The van der Waals surface area contributed by atoms with Gasteiger partial charge in [-0.05, 0) is 67.0 Å². The molecule has 2 aliphatic rings. The number of anilines is 1. The number of sulfonamides is 1. The largest absolute Gasteiger partial charge is 0.309 e. The first-order valence-corrected chi connectivity index (χ1v) is 12.2. The van der Waals surface area contributed by atoms with E-state index in [-0.39, 0.29) is 18.0 Å². The van der Waals surface area contributed by atoms with Gasteiger partial charge in [0.05, 0.1) is 4.90 Å². The zero-order chi connectivity index (χ0) is 21.6. The molecule has 4 rings (SSSR count). The number of rotatable bonds is 6. The van der Waals surface area contributed by atoms with Gasteiger partial charge in [-0.25, -0.2) is 8.42 Å². The van der Waals surface area contributed by atoms with E-state index in [0.29, 0.717) is 23.8 Å². The average molecular weight is 427 g/mol. The van der Waals surface area contributed by atoms with Crippen molar-refractivity contribution in [2.24, 2.45) is 0 Å². The van der Waals surface area contributed by atoms with Gasteiger partial charge in [-0.15, -0.1) is 0 Å². The van der Waals surface area contributed by atoms with Crippen LogP contribution in [-0.4, -0.2) is 30.7 Å². The Morgan fingerprint density at radius 2 is 1.80 bits per heavy atom. The SMILES string of the molecule is CC(=O)N1c2ccc(S(=O)(=O)N(Cc3ccc(C(C)C)cc3)C3CC3)cc2CC1C. The van der Waals surface area contributed by atoms with E-state index in [1.807, 2.05) is 19.1 Å². The minimum Gasteiger partial charge on any atom is -0.309 e. The molecule has 1 fully saturated rings. The van der Waals surface area contributed by atoms with E-state index in [0.717, 1.165) is 29.7 Å². The van der Waals surface area contributed by atoms with E-state index in [2.05, 4.69) is 26.0 Å². The van der Waals surface area contributed by atoms with Crippen molar-refractivity contribution >= 4 is 21.6 Å². The van der Waals surface area contributed by atoms with Crippen LogP contribution in [0.25, 0.3) is 0 Å². The summed E-state index contributed by atoms with van der Waals surface area (Å²) in [5.41, 5.74) is 4.02. The Morgan fingerprint density at radius 3 is 2.37 bits per heavy atom. The molecule has 5 nitrogen and oxygen atoms in total. The Labute approximate surface area is 179 Å². The van der Waals surface area contributed by atoms with Crippen LogP contribution in [0.15, 0.2) is 47.4 Å². The normalized spacial score (nSPS) is 18.9. The first kappa shape index (κ1) is 21.1. The molecule has 30 heavy (non-hydrogen) atoms. The Hall–Kier alpha value is -2.18. The van der Waals surface area contributed by atoms with Crippen molar-refractivity contribution < 1.29 is 13.2 Å². The fourth-order valence-corrected chi connectivity index (χ4v) is 6.07. The zero-order valence-electron chi connectivity index (χ0n) is 18.1. The first-order chi connectivity index (χ1) is 14.2. The molecule has 0 aromatic heterocycles. The second-order valence-corrected chi connectivity index (χ2v) is 10.8. The highest BCUT2D eigenvalue weighted by molar-refractivity contribution is 7.89. The lowest BCUT2D eigenvalue weighted by Gasteiger charge is -2.23. The van der Waals surface area contributed by atoms with Gasteiger partial charge in [0.25, 0.3) is 0 Å². The van der Waals surface area contributed by atoms with Crippen molar-refractivity contribution in [3.63, 3.8) is 0 Å². The summed E-state index contributed by atoms with van der Waals surface area (Å²) < 4.78 is 28.7. The van der Waals surface area contributed by atoms with Gasteiger partial charge < -0.3 is 4.90 Å². The molecule has 1 amide bonds. The second kappa shape index (κ2) is 7.82. The number of hydrogen-bond donors (Lipinski definition) is 0. The maximum atomic E-state index is 13.5. The minimum atomic E-state index is -3.61. The van der Waals surface area contributed by atoms with Crippen molar-refractivity contribution in [1.82, 2.24) is 4.31 Å². The molecule has 0 bridgehead atoms. The summed E-state index contributed by atoms with van der Waals surface area (Å²) in [4.78, 5) is 14.0. The smallest absolute Gasteiger partial charge is 0.243 e. The van der Waals surface area contributed by atoms with Crippen LogP contribution in [0.3, 0.4) is 0 Å².